The number of rotatable bonds is 5. The van der Waals surface area contributed by atoms with Crippen molar-refractivity contribution in [3.05, 3.63) is 89.4 Å². The molecule has 1 aromatic heterocycles. The van der Waals surface area contributed by atoms with Gasteiger partial charge in [0.2, 0.25) is 0 Å². The van der Waals surface area contributed by atoms with Crippen LogP contribution in [0.1, 0.15) is 15.4 Å². The number of carbonyl (C=O) groups is 1. The molecule has 1 N–H and O–H groups in total. The van der Waals surface area contributed by atoms with Crippen LogP contribution in [0.25, 0.3) is 10.2 Å². The summed E-state index contributed by atoms with van der Waals surface area (Å²) in [6.45, 7) is 0.484. The lowest BCUT2D eigenvalue weighted by atomic mass is 10.1. The Morgan fingerprint density at radius 1 is 0.963 bits per heavy atom. The molecule has 134 valence electrons. The Kier molecular flexibility index (Phi) is 4.85. The van der Waals surface area contributed by atoms with Gasteiger partial charge in [-0.3, -0.25) is 4.79 Å². The van der Waals surface area contributed by atoms with E-state index in [2.05, 4.69) is 16.4 Å². The van der Waals surface area contributed by atoms with E-state index in [0.29, 0.717) is 12.1 Å². The molecule has 27 heavy (non-hydrogen) atoms. The highest BCUT2D eigenvalue weighted by Crippen LogP contribution is 2.25. The summed E-state index contributed by atoms with van der Waals surface area (Å²) in [4.78, 5) is 19.4. The molecule has 0 aliphatic rings. The Morgan fingerprint density at radius 3 is 2.48 bits per heavy atom. The monoisotopic (exact) mass is 373 g/mol. The standard InChI is InChI=1S/C22H19N3OS/c1-25(15-21-24-19-13-7-8-14-20(19)27-21)22(26)17-11-5-6-12-18(17)23-16-9-3-2-4-10-16/h2-14,23H,15H2,1H3. The maximum atomic E-state index is 13.0. The second kappa shape index (κ2) is 7.60. The Hall–Kier alpha value is -3.18. The maximum Gasteiger partial charge on any atom is 0.256 e. The van der Waals surface area contributed by atoms with E-state index >= 15 is 0 Å². The normalized spacial score (nSPS) is 10.7. The molecule has 0 fully saturated rings. The number of amides is 1. The highest BCUT2D eigenvalue weighted by molar-refractivity contribution is 7.18. The summed E-state index contributed by atoms with van der Waals surface area (Å²) in [6, 6.07) is 25.5. The Balaban J connectivity index is 1.55. The second-order valence-corrected chi connectivity index (χ2v) is 7.39. The first-order valence-electron chi connectivity index (χ1n) is 8.72. The molecule has 0 aliphatic heterocycles. The maximum absolute atomic E-state index is 13.0. The number of aromatic nitrogens is 1. The molecule has 0 spiro atoms. The molecule has 1 heterocycles. The van der Waals surface area contributed by atoms with Crippen molar-refractivity contribution in [3.63, 3.8) is 0 Å². The van der Waals surface area contributed by atoms with Gasteiger partial charge in [-0.1, -0.05) is 42.5 Å². The minimum Gasteiger partial charge on any atom is -0.355 e. The third kappa shape index (κ3) is 3.83. The van der Waals surface area contributed by atoms with Crippen LogP contribution in [-0.4, -0.2) is 22.8 Å². The van der Waals surface area contributed by atoms with Crippen LogP contribution in [0.4, 0.5) is 11.4 Å². The number of hydrogen-bond donors (Lipinski definition) is 1. The third-order valence-electron chi connectivity index (χ3n) is 4.27. The average Bonchev–Trinajstić information content (AvgIpc) is 3.11. The molecule has 5 heteroatoms. The minimum absolute atomic E-state index is 0.0340. The summed E-state index contributed by atoms with van der Waals surface area (Å²) in [7, 11) is 1.81. The number of nitrogens with one attached hydrogen (secondary N) is 1. The van der Waals surface area contributed by atoms with E-state index < -0.39 is 0 Å². The van der Waals surface area contributed by atoms with Crippen LogP contribution in [-0.2, 0) is 6.54 Å². The molecule has 0 saturated carbocycles. The lowest BCUT2D eigenvalue weighted by Gasteiger charge is -2.18. The van der Waals surface area contributed by atoms with Gasteiger partial charge in [-0.2, -0.15) is 0 Å². The molecule has 0 radical (unpaired) electrons. The number of thiazole rings is 1. The SMILES string of the molecule is CN(Cc1nc2ccccc2s1)C(=O)c1ccccc1Nc1ccccc1. The third-order valence-corrected chi connectivity index (χ3v) is 5.29. The summed E-state index contributed by atoms with van der Waals surface area (Å²) in [5.74, 6) is -0.0340. The zero-order chi connectivity index (χ0) is 18.6. The van der Waals surface area contributed by atoms with Gasteiger partial charge >= 0.3 is 0 Å². The lowest BCUT2D eigenvalue weighted by Crippen LogP contribution is -2.26. The van der Waals surface area contributed by atoms with E-state index in [0.717, 1.165) is 26.6 Å². The molecule has 0 bridgehead atoms. The molecule has 4 rings (SSSR count). The van der Waals surface area contributed by atoms with Crippen molar-refractivity contribution in [2.24, 2.45) is 0 Å². The fourth-order valence-corrected chi connectivity index (χ4v) is 3.94. The number of hydrogen-bond acceptors (Lipinski definition) is 4. The van der Waals surface area contributed by atoms with E-state index in [1.165, 1.54) is 0 Å². The van der Waals surface area contributed by atoms with Crippen LogP contribution in [0.3, 0.4) is 0 Å². The molecular weight excluding hydrogens is 354 g/mol. The molecule has 0 unspecified atom stereocenters. The van der Waals surface area contributed by atoms with Gasteiger partial charge in [0.05, 0.1) is 28.0 Å². The summed E-state index contributed by atoms with van der Waals surface area (Å²) in [5.41, 5.74) is 3.37. The van der Waals surface area contributed by atoms with Gasteiger partial charge in [0.1, 0.15) is 5.01 Å². The zero-order valence-electron chi connectivity index (χ0n) is 14.9. The summed E-state index contributed by atoms with van der Waals surface area (Å²) >= 11 is 1.62. The van der Waals surface area contributed by atoms with Crippen LogP contribution in [0.15, 0.2) is 78.9 Å². The predicted octanol–water partition coefficient (Wildman–Crippen LogP) is 5.31. The van der Waals surface area contributed by atoms with Gasteiger partial charge in [-0.15, -0.1) is 11.3 Å². The first-order chi connectivity index (χ1) is 13.2. The quantitative estimate of drug-likeness (QED) is 0.515. The Labute approximate surface area is 162 Å². The van der Waals surface area contributed by atoms with E-state index in [1.54, 1.807) is 16.2 Å². The van der Waals surface area contributed by atoms with Gasteiger partial charge in [-0.25, -0.2) is 4.98 Å². The number of anilines is 2. The number of benzene rings is 3. The molecule has 4 aromatic rings. The molecule has 3 aromatic carbocycles. The number of nitrogens with zero attached hydrogens (tertiary/aromatic N) is 2. The van der Waals surface area contributed by atoms with E-state index in [1.807, 2.05) is 79.8 Å². The topological polar surface area (TPSA) is 45.2 Å². The summed E-state index contributed by atoms with van der Waals surface area (Å²) in [6.07, 6.45) is 0. The van der Waals surface area contributed by atoms with Crippen LogP contribution in [0.2, 0.25) is 0 Å². The largest absolute Gasteiger partial charge is 0.355 e. The van der Waals surface area contributed by atoms with Crippen LogP contribution in [0.5, 0.6) is 0 Å². The zero-order valence-corrected chi connectivity index (χ0v) is 15.7. The highest BCUT2D eigenvalue weighted by Gasteiger charge is 2.17. The highest BCUT2D eigenvalue weighted by atomic mass is 32.1. The van der Waals surface area contributed by atoms with E-state index in [-0.39, 0.29) is 5.91 Å². The predicted molar refractivity (Wildman–Crippen MR) is 112 cm³/mol. The smallest absolute Gasteiger partial charge is 0.256 e. The van der Waals surface area contributed by atoms with Crippen LogP contribution in [0, 0.1) is 0 Å². The number of para-hydroxylation sites is 3. The van der Waals surface area contributed by atoms with Gasteiger partial charge in [0.15, 0.2) is 0 Å². The molecule has 4 nitrogen and oxygen atoms in total. The first-order valence-corrected chi connectivity index (χ1v) is 9.53. The first kappa shape index (κ1) is 17.2. The van der Waals surface area contributed by atoms with Gasteiger partial charge in [-0.05, 0) is 36.4 Å². The molecule has 0 atom stereocenters. The minimum atomic E-state index is -0.0340. The van der Waals surface area contributed by atoms with Crippen molar-refractivity contribution >= 4 is 38.8 Å². The molecule has 0 aliphatic carbocycles. The fourth-order valence-electron chi connectivity index (χ4n) is 2.92. The van der Waals surface area contributed by atoms with Crippen LogP contribution < -0.4 is 5.32 Å². The summed E-state index contributed by atoms with van der Waals surface area (Å²) in [5, 5.41) is 4.26. The van der Waals surface area contributed by atoms with Crippen molar-refractivity contribution in [2.75, 3.05) is 12.4 Å². The average molecular weight is 373 g/mol. The number of fused-ring (bicyclic) bond motifs is 1. The fraction of sp³-hybridized carbons (Fsp3) is 0.0909. The van der Waals surface area contributed by atoms with Crippen molar-refractivity contribution in [1.29, 1.82) is 0 Å². The Bertz CT molecular complexity index is 1040. The van der Waals surface area contributed by atoms with Crippen molar-refractivity contribution in [2.45, 2.75) is 6.54 Å². The Morgan fingerprint density at radius 2 is 1.67 bits per heavy atom. The van der Waals surface area contributed by atoms with Gasteiger partial charge in [0, 0.05) is 12.7 Å². The van der Waals surface area contributed by atoms with E-state index in [4.69, 9.17) is 0 Å². The molecule has 0 saturated heterocycles. The van der Waals surface area contributed by atoms with Crippen molar-refractivity contribution < 1.29 is 4.79 Å². The van der Waals surface area contributed by atoms with Gasteiger partial charge < -0.3 is 10.2 Å². The number of carbonyl (C=O) groups excluding carboxylic acids is 1. The molecular formula is C22H19N3OS. The molecule has 1 amide bonds. The van der Waals surface area contributed by atoms with Crippen molar-refractivity contribution in [3.8, 4) is 0 Å². The lowest BCUT2D eigenvalue weighted by molar-refractivity contribution is 0.0786. The van der Waals surface area contributed by atoms with E-state index in [9.17, 15) is 4.79 Å². The van der Waals surface area contributed by atoms with Crippen molar-refractivity contribution in [1.82, 2.24) is 9.88 Å². The second-order valence-electron chi connectivity index (χ2n) is 6.27. The van der Waals surface area contributed by atoms with Crippen LogP contribution >= 0.6 is 11.3 Å². The van der Waals surface area contributed by atoms with Gasteiger partial charge in [0.25, 0.3) is 5.91 Å². The summed E-state index contributed by atoms with van der Waals surface area (Å²) < 4.78 is 1.14.